The molecular weight excluding hydrogens is 350 g/mol. The quantitative estimate of drug-likeness (QED) is 0.774. The summed E-state index contributed by atoms with van der Waals surface area (Å²) in [6.07, 6.45) is 8.58. The largest absolute Gasteiger partial charge is 0.340 e. The number of imidazole rings is 1. The molecule has 0 unspecified atom stereocenters. The summed E-state index contributed by atoms with van der Waals surface area (Å²) in [5, 5.41) is 1.99. The number of fused-ring (bicyclic) bond motifs is 4. The third kappa shape index (κ3) is 3.65. The smallest absolute Gasteiger partial charge is 0.228 e. The van der Waals surface area contributed by atoms with Gasteiger partial charge in [-0.3, -0.25) is 9.59 Å². The van der Waals surface area contributed by atoms with Crippen LogP contribution < -0.4 is 0 Å². The van der Waals surface area contributed by atoms with Crippen LogP contribution in [0, 0.1) is 5.92 Å². The molecule has 0 aliphatic carbocycles. The molecule has 0 aromatic carbocycles. The van der Waals surface area contributed by atoms with Gasteiger partial charge in [0.25, 0.3) is 0 Å². The Hall–Kier alpha value is -2.22. The Balaban J connectivity index is 1.37. The van der Waals surface area contributed by atoms with Gasteiger partial charge in [0.05, 0.1) is 30.0 Å². The van der Waals surface area contributed by atoms with Crippen molar-refractivity contribution in [2.45, 2.75) is 44.8 Å². The molecule has 7 nitrogen and oxygen atoms in total. The van der Waals surface area contributed by atoms with Gasteiger partial charge in [-0.25, -0.2) is 9.97 Å². The number of aromatic nitrogens is 3. The Morgan fingerprint density at radius 2 is 2.23 bits per heavy atom. The molecule has 0 N–H and O–H groups in total. The zero-order valence-corrected chi connectivity index (χ0v) is 15.5. The van der Waals surface area contributed by atoms with E-state index >= 15 is 0 Å². The minimum absolute atomic E-state index is 0.0648. The van der Waals surface area contributed by atoms with Crippen LogP contribution in [0.3, 0.4) is 0 Å². The molecule has 8 heteroatoms. The van der Waals surface area contributed by atoms with E-state index in [1.54, 1.807) is 29.4 Å². The van der Waals surface area contributed by atoms with Crippen LogP contribution >= 0.6 is 11.3 Å². The van der Waals surface area contributed by atoms with Crippen molar-refractivity contribution in [3.63, 3.8) is 0 Å². The summed E-state index contributed by atoms with van der Waals surface area (Å²) in [5.74, 6) is 0.276. The third-order valence-electron chi connectivity index (χ3n) is 5.33. The third-order valence-corrected chi connectivity index (χ3v) is 5.96. The van der Waals surface area contributed by atoms with Gasteiger partial charge < -0.3 is 14.4 Å². The molecule has 3 fully saturated rings. The molecule has 2 amide bonds. The van der Waals surface area contributed by atoms with Crippen LogP contribution in [-0.4, -0.2) is 55.3 Å². The Morgan fingerprint density at radius 3 is 3.00 bits per heavy atom. The van der Waals surface area contributed by atoms with E-state index in [-0.39, 0.29) is 23.8 Å². The van der Waals surface area contributed by atoms with Crippen molar-refractivity contribution in [3.05, 3.63) is 35.3 Å². The van der Waals surface area contributed by atoms with E-state index in [1.807, 2.05) is 25.9 Å². The number of piperidine rings is 1. The highest BCUT2D eigenvalue weighted by molar-refractivity contribution is 7.07. The molecule has 2 aromatic heterocycles. The Bertz CT molecular complexity index is 746. The average molecular weight is 373 g/mol. The normalized spacial score (nSPS) is 22.7. The van der Waals surface area contributed by atoms with Gasteiger partial charge in [0.2, 0.25) is 11.8 Å². The molecule has 0 spiro atoms. The topological polar surface area (TPSA) is 71.3 Å². The number of thiazole rings is 1. The highest BCUT2D eigenvalue weighted by Gasteiger charge is 2.41. The number of aryl methyl sites for hydroxylation is 1. The molecule has 0 saturated carbocycles. The highest BCUT2D eigenvalue weighted by atomic mass is 32.1. The van der Waals surface area contributed by atoms with Crippen molar-refractivity contribution in [1.82, 2.24) is 24.3 Å². The Kier molecular flexibility index (Phi) is 5.01. The van der Waals surface area contributed by atoms with Crippen molar-refractivity contribution in [2.24, 2.45) is 5.92 Å². The lowest BCUT2D eigenvalue weighted by Crippen LogP contribution is -2.47. The second-order valence-corrected chi connectivity index (χ2v) is 7.80. The molecule has 3 aliphatic rings. The maximum Gasteiger partial charge on any atom is 0.228 e. The molecule has 5 rings (SSSR count). The van der Waals surface area contributed by atoms with Crippen LogP contribution in [0.2, 0.25) is 0 Å². The van der Waals surface area contributed by atoms with Gasteiger partial charge in [0.1, 0.15) is 0 Å². The number of hydrogen-bond donors (Lipinski definition) is 0. The fourth-order valence-electron chi connectivity index (χ4n) is 3.93. The molecule has 2 aromatic rings. The number of hydrogen-bond acceptors (Lipinski definition) is 5. The molecule has 5 heterocycles. The Labute approximate surface area is 156 Å². The van der Waals surface area contributed by atoms with Crippen LogP contribution in [0.15, 0.2) is 29.6 Å². The van der Waals surface area contributed by atoms with Crippen molar-refractivity contribution in [1.29, 1.82) is 0 Å². The predicted octanol–water partition coefficient (Wildman–Crippen LogP) is 1.77. The number of carbonyl (C=O) groups is 2. The molecule has 2 bridgehead atoms. The van der Waals surface area contributed by atoms with Crippen LogP contribution in [0.5, 0.6) is 0 Å². The summed E-state index contributed by atoms with van der Waals surface area (Å²) in [5.41, 5.74) is 2.74. The van der Waals surface area contributed by atoms with Crippen molar-refractivity contribution in [3.8, 4) is 0 Å². The van der Waals surface area contributed by atoms with Gasteiger partial charge in [-0.2, -0.15) is 0 Å². The fourth-order valence-corrected chi connectivity index (χ4v) is 4.48. The first-order chi connectivity index (χ1) is 12.7. The molecule has 0 radical (unpaired) electrons. The van der Waals surface area contributed by atoms with Crippen molar-refractivity contribution < 1.29 is 9.59 Å². The molecule has 3 aliphatic heterocycles. The fraction of sp³-hybridized carbons (Fsp3) is 0.556. The first-order valence-electron chi connectivity index (χ1n) is 9.12. The van der Waals surface area contributed by atoms with Crippen LogP contribution in [0.25, 0.3) is 0 Å². The van der Waals surface area contributed by atoms with Crippen molar-refractivity contribution >= 4 is 23.2 Å². The SMILES string of the molecule is O=C(CCCn1ccnc1)N1C[C@@H]2CC[C@H](C1)N(Cc1cscn1)C2=O. The minimum Gasteiger partial charge on any atom is -0.340 e. The lowest BCUT2D eigenvalue weighted by atomic mass is 9.94. The summed E-state index contributed by atoms with van der Waals surface area (Å²) in [6, 6.07) is 0.112. The maximum absolute atomic E-state index is 12.8. The summed E-state index contributed by atoms with van der Waals surface area (Å²) < 4.78 is 1.98. The van der Waals surface area contributed by atoms with Gasteiger partial charge in [-0.1, -0.05) is 0 Å². The van der Waals surface area contributed by atoms with E-state index < -0.39 is 0 Å². The summed E-state index contributed by atoms with van der Waals surface area (Å²) >= 11 is 1.55. The van der Waals surface area contributed by atoms with Crippen LogP contribution in [-0.2, 0) is 22.7 Å². The molecular formula is C18H23N5O2S. The predicted molar refractivity (Wildman–Crippen MR) is 97.2 cm³/mol. The van der Waals surface area contributed by atoms with Gasteiger partial charge in [0.15, 0.2) is 0 Å². The standard InChI is InChI=1S/C18H23N5O2S/c24-17(2-1-6-21-7-5-19-12-21)22-8-14-3-4-16(10-22)23(18(14)25)9-15-11-26-13-20-15/h5,7,11-14,16H,1-4,6,8-10H2/t14-,16+/m0/s1. The Morgan fingerprint density at radius 1 is 1.31 bits per heavy atom. The average Bonchev–Trinajstić information content (AvgIpc) is 3.27. The first kappa shape index (κ1) is 17.2. The second-order valence-electron chi connectivity index (χ2n) is 7.08. The van der Waals surface area contributed by atoms with Gasteiger partial charge >= 0.3 is 0 Å². The second kappa shape index (κ2) is 7.57. The monoisotopic (exact) mass is 373 g/mol. The first-order valence-corrected chi connectivity index (χ1v) is 10.1. The molecule has 26 heavy (non-hydrogen) atoms. The molecule has 2 atom stereocenters. The van der Waals surface area contributed by atoms with Crippen molar-refractivity contribution in [2.75, 3.05) is 13.1 Å². The highest BCUT2D eigenvalue weighted by Crippen LogP contribution is 2.30. The summed E-state index contributed by atoms with van der Waals surface area (Å²) in [4.78, 5) is 37.7. The van der Waals surface area contributed by atoms with E-state index in [2.05, 4.69) is 9.97 Å². The minimum atomic E-state index is -0.0648. The van der Waals surface area contributed by atoms with E-state index in [0.717, 1.165) is 31.5 Å². The summed E-state index contributed by atoms with van der Waals surface area (Å²) in [7, 11) is 0. The van der Waals surface area contributed by atoms with E-state index in [4.69, 9.17) is 0 Å². The van der Waals surface area contributed by atoms with Gasteiger partial charge in [-0.15, -0.1) is 11.3 Å². The van der Waals surface area contributed by atoms with Crippen LogP contribution in [0.4, 0.5) is 0 Å². The number of amides is 2. The van der Waals surface area contributed by atoms with Crippen LogP contribution in [0.1, 0.15) is 31.4 Å². The van der Waals surface area contributed by atoms with E-state index in [0.29, 0.717) is 26.1 Å². The molecule has 138 valence electrons. The number of nitrogens with zero attached hydrogens (tertiary/aromatic N) is 5. The van der Waals surface area contributed by atoms with E-state index in [9.17, 15) is 9.59 Å². The number of carbonyl (C=O) groups excluding carboxylic acids is 2. The molecule has 3 saturated heterocycles. The zero-order valence-electron chi connectivity index (χ0n) is 14.7. The lowest BCUT2D eigenvalue weighted by molar-refractivity contribution is -0.140. The summed E-state index contributed by atoms with van der Waals surface area (Å²) in [6.45, 7) is 2.57. The van der Waals surface area contributed by atoms with E-state index in [1.165, 1.54) is 0 Å². The zero-order chi connectivity index (χ0) is 17.9. The maximum atomic E-state index is 12.8. The van der Waals surface area contributed by atoms with Gasteiger partial charge in [0, 0.05) is 49.9 Å². The number of rotatable bonds is 6. The lowest BCUT2D eigenvalue weighted by Gasteiger charge is -2.35. The van der Waals surface area contributed by atoms with Gasteiger partial charge in [-0.05, 0) is 19.3 Å².